The number of methoxy groups -OCH3 is 1. The Hall–Kier alpha value is -1.71. The Morgan fingerprint density at radius 1 is 1.41 bits per heavy atom. The van der Waals surface area contributed by atoms with Crippen LogP contribution in [-0.2, 0) is 16.5 Å². The van der Waals surface area contributed by atoms with E-state index in [1.165, 1.54) is 13.4 Å². The SMILES string of the molecule is COCOCC(O)c1cc2c(ncn2C)c(F)c1Nc1ccc(Br)cc1Cl. The van der Waals surface area contributed by atoms with Gasteiger partial charge in [0.15, 0.2) is 5.82 Å². The van der Waals surface area contributed by atoms with Crippen molar-refractivity contribution in [3.8, 4) is 0 Å². The molecular formula is C18H18BrClFN3O3. The molecule has 0 amide bonds. The van der Waals surface area contributed by atoms with E-state index in [1.54, 1.807) is 35.9 Å². The van der Waals surface area contributed by atoms with E-state index in [2.05, 4.69) is 26.2 Å². The number of nitrogens with zero attached hydrogens (tertiary/aromatic N) is 2. The minimum absolute atomic E-state index is 0.0226. The van der Waals surface area contributed by atoms with Crippen molar-refractivity contribution in [2.45, 2.75) is 6.10 Å². The smallest absolute Gasteiger partial charge is 0.174 e. The summed E-state index contributed by atoms with van der Waals surface area (Å²) in [5.41, 5.74) is 1.68. The molecule has 3 aromatic rings. The van der Waals surface area contributed by atoms with Crippen molar-refractivity contribution in [2.75, 3.05) is 25.8 Å². The molecule has 0 aliphatic heterocycles. The van der Waals surface area contributed by atoms with Crippen LogP contribution in [0.25, 0.3) is 11.0 Å². The van der Waals surface area contributed by atoms with Crippen molar-refractivity contribution in [3.05, 3.63) is 51.5 Å². The molecule has 0 spiro atoms. The number of imidazole rings is 1. The Bertz CT molecular complexity index is 967. The average Bonchev–Trinajstić information content (AvgIpc) is 3.00. The molecule has 27 heavy (non-hydrogen) atoms. The predicted molar refractivity (Wildman–Crippen MR) is 106 cm³/mol. The number of ether oxygens (including phenoxy) is 2. The van der Waals surface area contributed by atoms with Crippen molar-refractivity contribution >= 4 is 49.9 Å². The van der Waals surface area contributed by atoms with Crippen molar-refractivity contribution < 1.29 is 19.0 Å². The molecule has 144 valence electrons. The fourth-order valence-corrected chi connectivity index (χ4v) is 3.41. The van der Waals surface area contributed by atoms with Gasteiger partial charge in [-0.1, -0.05) is 27.5 Å². The third kappa shape index (κ3) is 4.25. The first-order chi connectivity index (χ1) is 12.9. The molecule has 0 saturated carbocycles. The highest BCUT2D eigenvalue weighted by atomic mass is 79.9. The van der Waals surface area contributed by atoms with E-state index < -0.39 is 11.9 Å². The van der Waals surface area contributed by atoms with E-state index in [0.717, 1.165) is 4.47 Å². The van der Waals surface area contributed by atoms with Crippen LogP contribution in [0.3, 0.4) is 0 Å². The second kappa shape index (κ2) is 8.53. The fraction of sp³-hybridized carbons (Fsp3) is 0.278. The van der Waals surface area contributed by atoms with Crippen LogP contribution in [0.5, 0.6) is 0 Å². The van der Waals surface area contributed by atoms with Gasteiger partial charge in [0.2, 0.25) is 0 Å². The zero-order valence-electron chi connectivity index (χ0n) is 14.7. The summed E-state index contributed by atoms with van der Waals surface area (Å²) in [6.07, 6.45) is 0.438. The molecule has 0 fully saturated rings. The van der Waals surface area contributed by atoms with Gasteiger partial charge in [-0.15, -0.1) is 0 Å². The zero-order chi connectivity index (χ0) is 19.6. The minimum Gasteiger partial charge on any atom is -0.386 e. The summed E-state index contributed by atoms with van der Waals surface area (Å²) in [6, 6.07) is 6.87. The third-order valence-electron chi connectivity index (χ3n) is 4.02. The number of aliphatic hydroxyl groups is 1. The first-order valence-electron chi connectivity index (χ1n) is 8.02. The number of fused-ring (bicyclic) bond motifs is 1. The average molecular weight is 459 g/mol. The Balaban J connectivity index is 2.07. The number of nitrogens with one attached hydrogen (secondary N) is 1. The quantitative estimate of drug-likeness (QED) is 0.402. The molecule has 1 heterocycles. The van der Waals surface area contributed by atoms with Crippen LogP contribution in [-0.4, -0.2) is 35.2 Å². The van der Waals surface area contributed by atoms with Gasteiger partial charge in [-0.25, -0.2) is 9.37 Å². The van der Waals surface area contributed by atoms with E-state index >= 15 is 4.39 Å². The molecular weight excluding hydrogens is 441 g/mol. The van der Waals surface area contributed by atoms with E-state index in [4.69, 9.17) is 21.1 Å². The fourth-order valence-electron chi connectivity index (χ4n) is 2.69. The largest absolute Gasteiger partial charge is 0.386 e. The van der Waals surface area contributed by atoms with Gasteiger partial charge in [0, 0.05) is 24.2 Å². The molecule has 1 unspecified atom stereocenters. The molecule has 6 nitrogen and oxygen atoms in total. The van der Waals surface area contributed by atoms with Gasteiger partial charge in [0.25, 0.3) is 0 Å². The molecule has 1 atom stereocenters. The summed E-state index contributed by atoms with van der Waals surface area (Å²) < 4.78 is 27.8. The molecule has 2 aromatic carbocycles. The van der Waals surface area contributed by atoms with Crippen molar-refractivity contribution in [1.29, 1.82) is 0 Å². The second-order valence-corrected chi connectivity index (χ2v) is 7.24. The molecule has 3 rings (SSSR count). The number of halogens is 3. The van der Waals surface area contributed by atoms with Crippen LogP contribution in [0.2, 0.25) is 5.02 Å². The number of aromatic nitrogens is 2. The first-order valence-corrected chi connectivity index (χ1v) is 9.19. The molecule has 9 heteroatoms. The normalized spacial score (nSPS) is 12.5. The number of hydrogen-bond acceptors (Lipinski definition) is 5. The predicted octanol–water partition coefficient (Wildman–Crippen LogP) is 4.53. The van der Waals surface area contributed by atoms with Gasteiger partial charge in [0.1, 0.15) is 18.4 Å². The molecule has 0 radical (unpaired) electrons. The lowest BCUT2D eigenvalue weighted by Gasteiger charge is -2.19. The Morgan fingerprint density at radius 2 is 2.19 bits per heavy atom. The highest BCUT2D eigenvalue weighted by Gasteiger charge is 2.22. The molecule has 0 aliphatic carbocycles. The van der Waals surface area contributed by atoms with Gasteiger partial charge in [-0.05, 0) is 24.3 Å². The van der Waals surface area contributed by atoms with Crippen LogP contribution in [0.1, 0.15) is 11.7 Å². The Kier molecular flexibility index (Phi) is 6.33. The van der Waals surface area contributed by atoms with E-state index in [0.29, 0.717) is 21.8 Å². The van der Waals surface area contributed by atoms with Crippen LogP contribution in [0, 0.1) is 5.82 Å². The summed E-state index contributed by atoms with van der Waals surface area (Å²) in [6.45, 7) is -0.0335. The third-order valence-corrected chi connectivity index (χ3v) is 4.82. The topological polar surface area (TPSA) is 68.5 Å². The van der Waals surface area contributed by atoms with Crippen LogP contribution < -0.4 is 5.32 Å². The van der Waals surface area contributed by atoms with Crippen molar-refractivity contribution in [1.82, 2.24) is 9.55 Å². The number of aliphatic hydroxyl groups excluding tert-OH is 1. The van der Waals surface area contributed by atoms with Crippen LogP contribution in [0.4, 0.5) is 15.8 Å². The van der Waals surface area contributed by atoms with Gasteiger partial charge >= 0.3 is 0 Å². The maximum absolute atomic E-state index is 15.2. The summed E-state index contributed by atoms with van der Waals surface area (Å²) in [5.74, 6) is -0.576. The lowest BCUT2D eigenvalue weighted by atomic mass is 10.0. The Morgan fingerprint density at radius 3 is 2.89 bits per heavy atom. The molecule has 0 saturated heterocycles. The maximum atomic E-state index is 15.2. The van der Waals surface area contributed by atoms with E-state index in [-0.39, 0.29) is 24.6 Å². The van der Waals surface area contributed by atoms with Crippen LogP contribution in [0.15, 0.2) is 35.1 Å². The molecule has 2 N–H and O–H groups in total. The second-order valence-electron chi connectivity index (χ2n) is 5.92. The number of rotatable bonds is 7. The van der Waals surface area contributed by atoms with E-state index in [1.807, 2.05) is 0 Å². The molecule has 0 bridgehead atoms. The minimum atomic E-state index is -1.08. The number of aryl methyl sites for hydroxylation is 1. The highest BCUT2D eigenvalue weighted by molar-refractivity contribution is 9.10. The summed E-state index contributed by atoms with van der Waals surface area (Å²) in [5, 5.41) is 14.0. The zero-order valence-corrected chi connectivity index (χ0v) is 17.0. The van der Waals surface area contributed by atoms with Crippen molar-refractivity contribution in [2.24, 2.45) is 7.05 Å². The first kappa shape index (κ1) is 20.0. The van der Waals surface area contributed by atoms with Crippen LogP contribution >= 0.6 is 27.5 Å². The number of anilines is 2. The van der Waals surface area contributed by atoms with Crippen molar-refractivity contribution in [3.63, 3.8) is 0 Å². The maximum Gasteiger partial charge on any atom is 0.174 e. The van der Waals surface area contributed by atoms with Gasteiger partial charge in [0.05, 0.1) is 34.8 Å². The lowest BCUT2D eigenvalue weighted by molar-refractivity contribution is -0.0620. The summed E-state index contributed by atoms with van der Waals surface area (Å²) in [7, 11) is 3.24. The number of benzene rings is 2. The number of hydrogen-bond donors (Lipinski definition) is 2. The standard InChI is InChI=1S/C18H18BrClFN3O3/c1-24-8-22-18-14(24)6-11(15(25)7-27-9-26-2)17(16(18)21)23-13-4-3-10(19)5-12(13)20/h3-6,8,15,23,25H,7,9H2,1-2H3. The molecule has 1 aromatic heterocycles. The van der Waals surface area contributed by atoms with Gasteiger partial charge < -0.3 is 24.5 Å². The summed E-state index contributed by atoms with van der Waals surface area (Å²) in [4.78, 5) is 4.11. The lowest BCUT2D eigenvalue weighted by Crippen LogP contribution is -2.12. The van der Waals surface area contributed by atoms with Gasteiger partial charge in [-0.2, -0.15) is 0 Å². The monoisotopic (exact) mass is 457 g/mol. The Labute approximate surface area is 169 Å². The van der Waals surface area contributed by atoms with E-state index in [9.17, 15) is 5.11 Å². The summed E-state index contributed by atoms with van der Waals surface area (Å²) >= 11 is 9.59. The highest BCUT2D eigenvalue weighted by Crippen LogP contribution is 2.36. The van der Waals surface area contributed by atoms with Gasteiger partial charge in [-0.3, -0.25) is 0 Å². The molecule has 0 aliphatic rings.